The van der Waals surface area contributed by atoms with E-state index in [1.165, 1.54) is 103 Å². The van der Waals surface area contributed by atoms with Gasteiger partial charge in [0.05, 0.1) is 15.8 Å². The number of hydrogen-bond donors (Lipinski definition) is 0. The predicted molar refractivity (Wildman–Crippen MR) is 135 cm³/mol. The summed E-state index contributed by atoms with van der Waals surface area (Å²) in [5.74, 6) is -0.386. The van der Waals surface area contributed by atoms with Crippen molar-refractivity contribution in [3.05, 3.63) is 11.8 Å². The van der Waals surface area contributed by atoms with Crippen molar-refractivity contribution in [1.29, 1.82) is 0 Å². The molecule has 0 aromatic heterocycles. The first-order valence-corrected chi connectivity index (χ1v) is 14.8. The average Bonchev–Trinajstić information content (AvgIpc) is 2.74. The van der Waals surface area contributed by atoms with Gasteiger partial charge in [-0.05, 0) is 19.3 Å². The van der Waals surface area contributed by atoms with Crippen LogP contribution in [0.15, 0.2) is 11.8 Å². The molecular weight excluding hydrogens is 445 g/mol. The van der Waals surface area contributed by atoms with Crippen LogP contribution in [-0.4, -0.2) is 43.5 Å². The van der Waals surface area contributed by atoms with Crippen LogP contribution in [0.4, 0.5) is 0 Å². The molecule has 0 aliphatic heterocycles. The number of likely N-dealkylation sites (N-methyl/N-ethyl adjacent to an activating group) is 1. The summed E-state index contributed by atoms with van der Waals surface area (Å²) < 4.78 is 31.9. The molecule has 0 aromatic carbocycles. The molecule has 0 unspecified atom stereocenters. The molecule has 0 fully saturated rings. The van der Waals surface area contributed by atoms with Crippen molar-refractivity contribution in [2.24, 2.45) is 0 Å². The third-order valence-corrected chi connectivity index (χ3v) is 6.90. The molecule has 0 N–H and O–H groups in total. The minimum absolute atomic E-state index is 0. The SMILES string of the molecule is CCCCCCCCCCCCCCCCCCC/C=C(\C=O)N(C)CCCS(=O)(=O)[O-].[Na+]. The van der Waals surface area contributed by atoms with E-state index >= 15 is 0 Å². The van der Waals surface area contributed by atoms with Crippen molar-refractivity contribution in [2.75, 3.05) is 19.3 Å². The van der Waals surface area contributed by atoms with Gasteiger partial charge in [-0.25, -0.2) is 8.42 Å². The van der Waals surface area contributed by atoms with Crippen LogP contribution in [0.5, 0.6) is 0 Å². The van der Waals surface area contributed by atoms with Gasteiger partial charge in [0, 0.05) is 19.3 Å². The zero-order chi connectivity index (χ0) is 23.9. The second-order valence-electron chi connectivity index (χ2n) is 9.23. The molecule has 0 radical (unpaired) electrons. The molecule has 0 bridgehead atoms. The quantitative estimate of drug-likeness (QED) is 0.0665. The molecule has 190 valence electrons. The predicted octanol–water partition coefficient (Wildman–Crippen LogP) is 3.98. The van der Waals surface area contributed by atoms with Crippen molar-refractivity contribution in [1.82, 2.24) is 4.90 Å². The summed E-state index contributed by atoms with van der Waals surface area (Å²) in [5.41, 5.74) is 0.574. The number of aldehydes is 1. The number of allylic oxidation sites excluding steroid dienone is 2. The maximum absolute atomic E-state index is 11.2. The number of rotatable bonds is 24. The van der Waals surface area contributed by atoms with Crippen LogP contribution in [-0.2, 0) is 14.9 Å². The molecule has 0 atom stereocenters. The van der Waals surface area contributed by atoms with E-state index in [0.29, 0.717) is 12.2 Å². The Morgan fingerprint density at radius 1 is 0.727 bits per heavy atom. The minimum atomic E-state index is -4.18. The summed E-state index contributed by atoms with van der Waals surface area (Å²) in [5, 5.41) is 0. The normalized spacial score (nSPS) is 11.9. The van der Waals surface area contributed by atoms with Crippen molar-refractivity contribution in [3.63, 3.8) is 0 Å². The molecule has 0 saturated carbocycles. The van der Waals surface area contributed by atoms with Crippen molar-refractivity contribution < 1.29 is 47.3 Å². The Kier molecular flexibility index (Phi) is 27.0. The van der Waals surface area contributed by atoms with Crippen LogP contribution in [0, 0.1) is 0 Å². The number of unbranched alkanes of at least 4 members (excludes halogenated alkanes) is 17. The van der Waals surface area contributed by atoms with Crippen LogP contribution >= 0.6 is 0 Å². The maximum atomic E-state index is 11.2. The molecule has 7 heteroatoms. The van der Waals surface area contributed by atoms with Crippen molar-refractivity contribution in [2.45, 2.75) is 129 Å². The number of carbonyl (C=O) groups is 1. The van der Waals surface area contributed by atoms with Gasteiger partial charge in [-0.15, -0.1) is 0 Å². The fourth-order valence-electron chi connectivity index (χ4n) is 4.02. The molecule has 5 nitrogen and oxygen atoms in total. The van der Waals surface area contributed by atoms with E-state index in [1.54, 1.807) is 11.9 Å². The van der Waals surface area contributed by atoms with E-state index in [0.717, 1.165) is 19.1 Å². The third-order valence-electron chi connectivity index (χ3n) is 6.11. The zero-order valence-electron chi connectivity index (χ0n) is 22.0. The summed E-state index contributed by atoms with van der Waals surface area (Å²) in [7, 11) is -2.43. The molecule has 0 aliphatic rings. The second-order valence-corrected chi connectivity index (χ2v) is 10.8. The van der Waals surface area contributed by atoms with Gasteiger partial charge >= 0.3 is 29.6 Å². The zero-order valence-corrected chi connectivity index (χ0v) is 24.8. The molecule has 0 rings (SSSR count). The van der Waals surface area contributed by atoms with Crippen LogP contribution in [0.1, 0.15) is 129 Å². The van der Waals surface area contributed by atoms with E-state index in [2.05, 4.69) is 6.92 Å². The molecule has 0 saturated heterocycles. The van der Waals surface area contributed by atoms with Gasteiger partial charge in [0.15, 0.2) is 6.29 Å². The van der Waals surface area contributed by atoms with E-state index in [9.17, 15) is 17.8 Å². The first kappa shape index (κ1) is 35.3. The van der Waals surface area contributed by atoms with Gasteiger partial charge in [-0.1, -0.05) is 116 Å². The van der Waals surface area contributed by atoms with Crippen LogP contribution in [0.3, 0.4) is 0 Å². The number of carbonyl (C=O) groups excluding carboxylic acids is 1. The average molecular weight is 496 g/mol. The van der Waals surface area contributed by atoms with E-state index in [-0.39, 0.29) is 41.7 Å². The van der Waals surface area contributed by atoms with Crippen LogP contribution in [0.25, 0.3) is 0 Å². The van der Waals surface area contributed by atoms with Gasteiger partial charge < -0.3 is 9.45 Å². The largest absolute Gasteiger partial charge is 1.00 e. The summed E-state index contributed by atoms with van der Waals surface area (Å²) in [4.78, 5) is 13.0. The van der Waals surface area contributed by atoms with E-state index in [4.69, 9.17) is 0 Å². The van der Waals surface area contributed by atoms with Gasteiger partial charge in [0.1, 0.15) is 0 Å². The van der Waals surface area contributed by atoms with Crippen LogP contribution in [0.2, 0.25) is 0 Å². The number of nitrogens with zero attached hydrogens (tertiary/aromatic N) is 1. The summed E-state index contributed by atoms with van der Waals surface area (Å²) in [6.07, 6.45) is 26.8. The fourth-order valence-corrected chi connectivity index (χ4v) is 4.50. The topological polar surface area (TPSA) is 77.5 Å². The summed E-state index contributed by atoms with van der Waals surface area (Å²) >= 11 is 0. The Balaban J connectivity index is 0. The first-order chi connectivity index (χ1) is 15.4. The van der Waals surface area contributed by atoms with Gasteiger partial charge in [-0.3, -0.25) is 4.79 Å². The Morgan fingerprint density at radius 2 is 1.12 bits per heavy atom. The van der Waals surface area contributed by atoms with E-state index < -0.39 is 10.1 Å². The van der Waals surface area contributed by atoms with Gasteiger partial charge in [-0.2, -0.15) is 0 Å². The van der Waals surface area contributed by atoms with Gasteiger partial charge in [0.2, 0.25) is 0 Å². The Bertz CT molecular complexity index is 567. The molecule has 0 aliphatic carbocycles. The molecule has 0 aromatic rings. The standard InChI is InChI=1S/C26H51NO4S.Na/c1-3-4-5-6-7-8-9-10-11-12-13-14-15-16-17-18-19-20-22-26(25-28)27(2)23-21-24-32(29,30)31;/h22,25H,3-21,23-24H2,1-2H3,(H,29,30,31);/q;+1/p-1/b26-22+;. The molecule has 0 heterocycles. The Labute approximate surface area is 227 Å². The molecular formula is C26H50NNaO4S. The molecule has 0 spiro atoms. The maximum Gasteiger partial charge on any atom is 1.00 e. The molecule has 33 heavy (non-hydrogen) atoms. The fraction of sp³-hybridized carbons (Fsp3) is 0.885. The van der Waals surface area contributed by atoms with Crippen LogP contribution < -0.4 is 29.6 Å². The van der Waals surface area contributed by atoms with Crippen molar-refractivity contribution in [3.8, 4) is 0 Å². The minimum Gasteiger partial charge on any atom is -0.748 e. The summed E-state index contributed by atoms with van der Waals surface area (Å²) in [6.45, 7) is 2.67. The third kappa shape index (κ3) is 26.6. The summed E-state index contributed by atoms with van der Waals surface area (Å²) in [6, 6.07) is 0. The number of hydrogen-bond acceptors (Lipinski definition) is 5. The Hall–Kier alpha value is 0.120. The van der Waals surface area contributed by atoms with Gasteiger partial charge in [0.25, 0.3) is 0 Å². The monoisotopic (exact) mass is 495 g/mol. The smallest absolute Gasteiger partial charge is 0.748 e. The van der Waals surface area contributed by atoms with E-state index in [1.807, 2.05) is 6.08 Å². The second kappa shape index (κ2) is 25.2. The first-order valence-electron chi connectivity index (χ1n) is 13.2. The molecule has 0 amide bonds. The van der Waals surface area contributed by atoms with Crippen molar-refractivity contribution >= 4 is 16.4 Å². The Morgan fingerprint density at radius 3 is 1.48 bits per heavy atom.